The summed E-state index contributed by atoms with van der Waals surface area (Å²) >= 11 is 3.59. The van der Waals surface area contributed by atoms with Gasteiger partial charge in [-0.1, -0.05) is 29.3 Å². The van der Waals surface area contributed by atoms with Crippen LogP contribution in [0.25, 0.3) is 0 Å². The lowest BCUT2D eigenvalue weighted by Gasteiger charge is -2.22. The summed E-state index contributed by atoms with van der Waals surface area (Å²) in [5.74, 6) is 0.761. The third kappa shape index (κ3) is 5.08. The fourth-order valence-corrected chi connectivity index (χ4v) is 2.46. The van der Waals surface area contributed by atoms with Crippen molar-refractivity contribution in [1.29, 1.82) is 0 Å². The van der Waals surface area contributed by atoms with E-state index in [2.05, 4.69) is 51.9 Å². The first kappa shape index (κ1) is 13.7. The normalized spacial score (nSPS) is 13.0. The summed E-state index contributed by atoms with van der Waals surface area (Å²) in [6.45, 7) is 4.41. The second kappa shape index (κ2) is 7.80. The van der Waals surface area contributed by atoms with Gasteiger partial charge in [0.1, 0.15) is 0 Å². The molecule has 0 fully saturated rings. The Hall–Kier alpha value is -0.410. The summed E-state index contributed by atoms with van der Waals surface area (Å²) in [5, 5.41) is 1.10. The lowest BCUT2D eigenvalue weighted by molar-refractivity contribution is 0.273. The van der Waals surface area contributed by atoms with Gasteiger partial charge in [-0.3, -0.25) is 4.98 Å². The molecule has 0 aliphatic heterocycles. The molecule has 1 unspecified atom stereocenters. The first-order valence-electron chi connectivity index (χ1n) is 5.89. The van der Waals surface area contributed by atoms with E-state index in [0.29, 0.717) is 0 Å². The lowest BCUT2D eigenvalue weighted by atomic mass is 10.1. The molecule has 1 aromatic rings. The minimum atomic E-state index is 0.761. The molecule has 1 aromatic heterocycles. The molecule has 90 valence electrons. The van der Waals surface area contributed by atoms with E-state index in [-0.39, 0.29) is 0 Å². The van der Waals surface area contributed by atoms with Crippen LogP contribution in [0.2, 0.25) is 0 Å². The number of nitrogens with zero attached hydrogens (tertiary/aromatic N) is 2. The number of hydrogen-bond donors (Lipinski definition) is 0. The van der Waals surface area contributed by atoms with E-state index in [4.69, 9.17) is 0 Å². The zero-order chi connectivity index (χ0) is 11.8. The molecule has 0 saturated heterocycles. The summed E-state index contributed by atoms with van der Waals surface area (Å²) < 4.78 is 0. The van der Waals surface area contributed by atoms with Gasteiger partial charge in [0.25, 0.3) is 0 Å². The Kier molecular flexibility index (Phi) is 6.65. The molecule has 2 nitrogen and oxygen atoms in total. The highest BCUT2D eigenvalue weighted by molar-refractivity contribution is 9.09. The quantitative estimate of drug-likeness (QED) is 0.714. The minimum absolute atomic E-state index is 0.761. The van der Waals surface area contributed by atoms with Crippen LogP contribution < -0.4 is 0 Å². The maximum absolute atomic E-state index is 4.03. The molecule has 1 heterocycles. The van der Waals surface area contributed by atoms with Gasteiger partial charge in [-0.15, -0.1) is 0 Å². The molecule has 0 spiro atoms. The van der Waals surface area contributed by atoms with Crippen LogP contribution in [0, 0.1) is 5.92 Å². The van der Waals surface area contributed by atoms with Crippen molar-refractivity contribution in [3.63, 3.8) is 0 Å². The molecule has 0 aliphatic carbocycles. The smallest absolute Gasteiger partial charge is 0.0271 e. The lowest BCUT2D eigenvalue weighted by Crippen LogP contribution is -2.26. The van der Waals surface area contributed by atoms with Crippen molar-refractivity contribution >= 4 is 15.9 Å². The predicted octanol–water partition coefficient (Wildman–Crippen LogP) is 3.32. The van der Waals surface area contributed by atoms with Crippen molar-refractivity contribution in [3.05, 3.63) is 30.1 Å². The zero-order valence-corrected chi connectivity index (χ0v) is 11.8. The zero-order valence-electron chi connectivity index (χ0n) is 10.2. The molecule has 0 aliphatic rings. The van der Waals surface area contributed by atoms with Crippen molar-refractivity contribution in [3.8, 4) is 0 Å². The van der Waals surface area contributed by atoms with E-state index in [1.165, 1.54) is 18.4 Å². The van der Waals surface area contributed by atoms with Crippen molar-refractivity contribution in [2.75, 3.05) is 18.9 Å². The molecular weight excluding hydrogens is 264 g/mol. The summed E-state index contributed by atoms with van der Waals surface area (Å²) in [6.07, 6.45) is 6.28. The molecule has 0 saturated carbocycles. The summed E-state index contributed by atoms with van der Waals surface area (Å²) in [7, 11) is 2.19. The summed E-state index contributed by atoms with van der Waals surface area (Å²) in [4.78, 5) is 6.42. The number of aromatic nitrogens is 1. The SMILES string of the molecule is CCCC(CBr)CN(C)Cc1ccncc1. The van der Waals surface area contributed by atoms with E-state index in [9.17, 15) is 0 Å². The van der Waals surface area contributed by atoms with Gasteiger partial charge in [0.05, 0.1) is 0 Å². The predicted molar refractivity (Wildman–Crippen MR) is 72.8 cm³/mol. The second-order valence-corrected chi connectivity index (χ2v) is 5.01. The van der Waals surface area contributed by atoms with Crippen molar-refractivity contribution in [2.24, 2.45) is 5.92 Å². The van der Waals surface area contributed by atoms with E-state index < -0.39 is 0 Å². The third-order valence-electron chi connectivity index (χ3n) is 2.69. The van der Waals surface area contributed by atoms with Gasteiger partial charge >= 0.3 is 0 Å². The van der Waals surface area contributed by atoms with Crippen LogP contribution >= 0.6 is 15.9 Å². The van der Waals surface area contributed by atoms with Crippen molar-refractivity contribution < 1.29 is 0 Å². The number of pyridine rings is 1. The Morgan fingerprint density at radius 3 is 2.62 bits per heavy atom. The summed E-state index contributed by atoms with van der Waals surface area (Å²) in [6, 6.07) is 4.17. The standard InChI is InChI=1S/C13H21BrN2/c1-3-4-13(9-14)11-16(2)10-12-5-7-15-8-6-12/h5-8,13H,3-4,9-11H2,1-2H3. The first-order valence-corrected chi connectivity index (χ1v) is 7.01. The summed E-state index contributed by atoms with van der Waals surface area (Å²) in [5.41, 5.74) is 1.34. The average molecular weight is 285 g/mol. The molecular formula is C13H21BrN2. The molecule has 3 heteroatoms. The molecule has 0 N–H and O–H groups in total. The van der Waals surface area contributed by atoms with Crippen LogP contribution in [0.3, 0.4) is 0 Å². The molecule has 16 heavy (non-hydrogen) atoms. The second-order valence-electron chi connectivity index (χ2n) is 4.36. The van der Waals surface area contributed by atoms with Crippen LogP contribution in [0.4, 0.5) is 0 Å². The first-order chi connectivity index (χ1) is 7.76. The van der Waals surface area contributed by atoms with Crippen molar-refractivity contribution in [2.45, 2.75) is 26.3 Å². The van der Waals surface area contributed by atoms with Crippen LogP contribution in [-0.4, -0.2) is 28.8 Å². The average Bonchev–Trinajstić information content (AvgIpc) is 2.29. The monoisotopic (exact) mass is 284 g/mol. The van der Waals surface area contributed by atoms with Crippen molar-refractivity contribution in [1.82, 2.24) is 9.88 Å². The maximum atomic E-state index is 4.03. The van der Waals surface area contributed by atoms with E-state index in [1.807, 2.05) is 12.4 Å². The highest BCUT2D eigenvalue weighted by Crippen LogP contribution is 2.12. The van der Waals surface area contributed by atoms with Gasteiger partial charge in [-0.2, -0.15) is 0 Å². The Labute approximate surface area is 107 Å². The molecule has 0 amide bonds. The van der Waals surface area contributed by atoms with Gasteiger partial charge in [0.15, 0.2) is 0 Å². The third-order valence-corrected chi connectivity index (χ3v) is 3.60. The van der Waals surface area contributed by atoms with Gasteiger partial charge < -0.3 is 4.90 Å². The minimum Gasteiger partial charge on any atom is -0.302 e. The number of hydrogen-bond acceptors (Lipinski definition) is 2. The fourth-order valence-electron chi connectivity index (χ4n) is 1.93. The van der Waals surface area contributed by atoms with Gasteiger partial charge in [0.2, 0.25) is 0 Å². The van der Waals surface area contributed by atoms with E-state index in [0.717, 1.165) is 24.3 Å². The molecule has 0 bridgehead atoms. The Morgan fingerprint density at radius 2 is 2.06 bits per heavy atom. The molecule has 1 rings (SSSR count). The van der Waals surface area contributed by atoms with Gasteiger partial charge in [0, 0.05) is 30.8 Å². The van der Waals surface area contributed by atoms with E-state index in [1.54, 1.807) is 0 Å². The largest absolute Gasteiger partial charge is 0.302 e. The van der Waals surface area contributed by atoms with Gasteiger partial charge in [-0.05, 0) is 37.1 Å². The number of rotatable bonds is 7. The fraction of sp³-hybridized carbons (Fsp3) is 0.615. The van der Waals surface area contributed by atoms with E-state index >= 15 is 0 Å². The van der Waals surface area contributed by atoms with Crippen LogP contribution in [0.15, 0.2) is 24.5 Å². The van der Waals surface area contributed by atoms with Crippen LogP contribution in [0.5, 0.6) is 0 Å². The highest BCUT2D eigenvalue weighted by Gasteiger charge is 2.09. The van der Waals surface area contributed by atoms with Crippen LogP contribution in [0.1, 0.15) is 25.3 Å². The highest BCUT2D eigenvalue weighted by atomic mass is 79.9. The Balaban J connectivity index is 2.37. The molecule has 0 aromatic carbocycles. The molecule has 1 atom stereocenters. The number of alkyl halides is 1. The molecule has 0 radical (unpaired) electrons. The Morgan fingerprint density at radius 1 is 1.38 bits per heavy atom. The Bertz CT molecular complexity index is 277. The maximum Gasteiger partial charge on any atom is 0.0271 e. The number of halogens is 1. The van der Waals surface area contributed by atoms with Gasteiger partial charge in [-0.25, -0.2) is 0 Å². The topological polar surface area (TPSA) is 16.1 Å². The van der Waals surface area contributed by atoms with Crippen LogP contribution in [-0.2, 0) is 6.54 Å².